The van der Waals surface area contributed by atoms with E-state index in [1.165, 1.54) is 70.6 Å². The minimum Gasteiger partial charge on any atom is -0.303 e. The van der Waals surface area contributed by atoms with E-state index in [-0.39, 0.29) is 0 Å². The maximum absolute atomic E-state index is 8.88. The SMILES string of the molecule is CCCCCCCCCCCCC.O=P(O)(O)O. The number of hydrogen-bond donors (Lipinski definition) is 3. The first-order chi connectivity index (χ1) is 8.41. The fraction of sp³-hybridized carbons (Fsp3) is 1.00. The van der Waals surface area contributed by atoms with E-state index in [1.807, 2.05) is 0 Å². The molecule has 0 saturated heterocycles. The Morgan fingerprint density at radius 1 is 0.611 bits per heavy atom. The van der Waals surface area contributed by atoms with E-state index in [1.54, 1.807) is 0 Å². The lowest BCUT2D eigenvalue weighted by Crippen LogP contribution is -1.80. The zero-order valence-corrected chi connectivity index (χ0v) is 12.9. The molecule has 0 heterocycles. The number of hydrogen-bond acceptors (Lipinski definition) is 1. The van der Waals surface area contributed by atoms with Crippen LogP contribution in [0.5, 0.6) is 0 Å². The van der Waals surface area contributed by atoms with Crippen LogP contribution >= 0.6 is 7.82 Å². The van der Waals surface area contributed by atoms with E-state index in [9.17, 15) is 0 Å². The molecule has 0 fully saturated rings. The summed E-state index contributed by atoms with van der Waals surface area (Å²) in [7, 11) is -4.64. The molecular formula is C13H31O4P. The first kappa shape index (κ1) is 20.4. The largest absolute Gasteiger partial charge is 0.466 e. The van der Waals surface area contributed by atoms with Gasteiger partial charge in [-0.15, -0.1) is 0 Å². The van der Waals surface area contributed by atoms with Crippen molar-refractivity contribution in [2.45, 2.75) is 84.5 Å². The molecule has 0 aliphatic heterocycles. The highest BCUT2D eigenvalue weighted by molar-refractivity contribution is 7.45. The molecule has 0 aliphatic carbocycles. The molecule has 0 atom stereocenters. The predicted octanol–water partition coefficient (Wildman–Crippen LogP) is 4.39. The van der Waals surface area contributed by atoms with Gasteiger partial charge in [-0.2, -0.15) is 0 Å². The maximum atomic E-state index is 8.88. The second-order valence-electron chi connectivity index (χ2n) is 4.70. The van der Waals surface area contributed by atoms with Crippen LogP contribution in [0.1, 0.15) is 84.5 Å². The molecule has 0 amide bonds. The summed E-state index contributed by atoms with van der Waals surface area (Å²) < 4.78 is 8.88. The fourth-order valence-corrected chi connectivity index (χ4v) is 1.74. The van der Waals surface area contributed by atoms with Crippen LogP contribution in [0, 0.1) is 0 Å². The standard InChI is InChI=1S/C13H28.H3O4P/c1-3-5-7-9-11-13-12-10-8-6-4-2;1-5(2,3)4/h3-13H2,1-2H3;(H3,1,2,3,4). The quantitative estimate of drug-likeness (QED) is 0.410. The lowest BCUT2D eigenvalue weighted by molar-refractivity contribution is 0.275. The van der Waals surface area contributed by atoms with Crippen molar-refractivity contribution in [2.75, 3.05) is 0 Å². The number of rotatable bonds is 10. The first-order valence-electron chi connectivity index (χ1n) is 7.20. The second-order valence-corrected chi connectivity index (χ2v) is 5.72. The molecule has 0 aromatic rings. The van der Waals surface area contributed by atoms with Gasteiger partial charge in [0.2, 0.25) is 0 Å². The van der Waals surface area contributed by atoms with Gasteiger partial charge in [-0.25, -0.2) is 4.57 Å². The summed E-state index contributed by atoms with van der Waals surface area (Å²) in [6.07, 6.45) is 15.9. The monoisotopic (exact) mass is 282 g/mol. The highest BCUT2D eigenvalue weighted by Gasteiger charge is 2.00. The smallest absolute Gasteiger partial charge is 0.303 e. The zero-order valence-electron chi connectivity index (χ0n) is 12.0. The summed E-state index contributed by atoms with van der Waals surface area (Å²) in [4.78, 5) is 21.6. The molecule has 3 N–H and O–H groups in total. The highest BCUT2D eigenvalue weighted by Crippen LogP contribution is 2.25. The van der Waals surface area contributed by atoms with Crippen molar-refractivity contribution in [2.24, 2.45) is 0 Å². The van der Waals surface area contributed by atoms with E-state index in [2.05, 4.69) is 13.8 Å². The Hall–Kier alpha value is 0.110. The molecule has 0 aromatic heterocycles. The number of unbranched alkanes of at least 4 members (excludes halogenated alkanes) is 10. The van der Waals surface area contributed by atoms with Crippen molar-refractivity contribution < 1.29 is 19.2 Å². The lowest BCUT2D eigenvalue weighted by Gasteiger charge is -2.00. The van der Waals surface area contributed by atoms with Gasteiger partial charge in [-0.05, 0) is 0 Å². The van der Waals surface area contributed by atoms with Gasteiger partial charge in [-0.3, -0.25) is 0 Å². The van der Waals surface area contributed by atoms with Crippen molar-refractivity contribution in [3.05, 3.63) is 0 Å². The van der Waals surface area contributed by atoms with E-state index in [0.717, 1.165) is 0 Å². The Balaban J connectivity index is 0. The molecule has 4 nitrogen and oxygen atoms in total. The molecule has 0 aromatic carbocycles. The Labute approximate surface area is 112 Å². The summed E-state index contributed by atoms with van der Waals surface area (Å²) >= 11 is 0. The van der Waals surface area contributed by atoms with Crippen LogP contribution in [0.2, 0.25) is 0 Å². The van der Waals surface area contributed by atoms with E-state index in [4.69, 9.17) is 19.2 Å². The third kappa shape index (κ3) is 36.0. The molecule has 0 rings (SSSR count). The van der Waals surface area contributed by atoms with Crippen LogP contribution in [0.25, 0.3) is 0 Å². The van der Waals surface area contributed by atoms with Crippen LogP contribution in [-0.4, -0.2) is 14.7 Å². The molecule has 0 radical (unpaired) electrons. The van der Waals surface area contributed by atoms with Gasteiger partial charge in [0.15, 0.2) is 0 Å². The van der Waals surface area contributed by atoms with Crippen molar-refractivity contribution in [3.8, 4) is 0 Å². The van der Waals surface area contributed by atoms with E-state index in [0.29, 0.717) is 0 Å². The van der Waals surface area contributed by atoms with Gasteiger partial charge in [0.1, 0.15) is 0 Å². The average molecular weight is 282 g/mol. The third-order valence-corrected chi connectivity index (χ3v) is 2.71. The summed E-state index contributed by atoms with van der Waals surface area (Å²) in [5, 5.41) is 0. The lowest BCUT2D eigenvalue weighted by atomic mass is 10.1. The molecule has 0 bridgehead atoms. The first-order valence-corrected chi connectivity index (χ1v) is 8.76. The van der Waals surface area contributed by atoms with Crippen molar-refractivity contribution in [1.82, 2.24) is 0 Å². The molecule has 18 heavy (non-hydrogen) atoms. The van der Waals surface area contributed by atoms with Gasteiger partial charge in [-0.1, -0.05) is 84.5 Å². The number of phosphoric acid groups is 1. The minimum absolute atomic E-state index is 1.37. The summed E-state index contributed by atoms with van der Waals surface area (Å²) in [5.41, 5.74) is 0. The topological polar surface area (TPSA) is 77.8 Å². The van der Waals surface area contributed by atoms with Crippen LogP contribution < -0.4 is 0 Å². The molecule has 0 unspecified atom stereocenters. The molecular weight excluding hydrogens is 251 g/mol. The van der Waals surface area contributed by atoms with Crippen molar-refractivity contribution >= 4 is 7.82 Å². The Morgan fingerprint density at radius 2 is 0.778 bits per heavy atom. The Kier molecular flexibility index (Phi) is 17.2. The highest BCUT2D eigenvalue weighted by atomic mass is 31.2. The minimum atomic E-state index is -4.64. The Morgan fingerprint density at radius 3 is 0.944 bits per heavy atom. The van der Waals surface area contributed by atoms with E-state index < -0.39 is 7.82 Å². The molecule has 5 heteroatoms. The van der Waals surface area contributed by atoms with Crippen LogP contribution in [0.15, 0.2) is 0 Å². The summed E-state index contributed by atoms with van der Waals surface area (Å²) in [6.45, 7) is 4.56. The molecule has 0 aliphatic rings. The second kappa shape index (κ2) is 15.2. The average Bonchev–Trinajstić information content (AvgIpc) is 2.25. The van der Waals surface area contributed by atoms with Gasteiger partial charge >= 0.3 is 7.82 Å². The summed E-state index contributed by atoms with van der Waals surface area (Å²) in [6, 6.07) is 0. The van der Waals surface area contributed by atoms with Crippen LogP contribution in [0.3, 0.4) is 0 Å². The normalized spacial score (nSPS) is 10.9. The Bertz CT molecular complexity index is 173. The van der Waals surface area contributed by atoms with Crippen LogP contribution in [-0.2, 0) is 4.57 Å². The van der Waals surface area contributed by atoms with Gasteiger partial charge < -0.3 is 14.7 Å². The predicted molar refractivity (Wildman–Crippen MR) is 76.4 cm³/mol. The van der Waals surface area contributed by atoms with E-state index >= 15 is 0 Å². The third-order valence-electron chi connectivity index (χ3n) is 2.71. The van der Waals surface area contributed by atoms with Crippen molar-refractivity contribution in [1.29, 1.82) is 0 Å². The molecule has 0 saturated carbocycles. The van der Waals surface area contributed by atoms with Gasteiger partial charge in [0.25, 0.3) is 0 Å². The fourth-order valence-electron chi connectivity index (χ4n) is 1.74. The summed E-state index contributed by atoms with van der Waals surface area (Å²) in [5.74, 6) is 0. The van der Waals surface area contributed by atoms with Crippen LogP contribution in [0.4, 0.5) is 0 Å². The van der Waals surface area contributed by atoms with Gasteiger partial charge in [0, 0.05) is 0 Å². The maximum Gasteiger partial charge on any atom is 0.466 e. The molecule has 0 spiro atoms. The molecule has 112 valence electrons. The van der Waals surface area contributed by atoms with Gasteiger partial charge in [0.05, 0.1) is 0 Å². The zero-order chi connectivity index (χ0) is 14.3. The van der Waals surface area contributed by atoms with Crippen molar-refractivity contribution in [3.63, 3.8) is 0 Å².